The van der Waals surface area contributed by atoms with Crippen LogP contribution in [0.1, 0.15) is 6.92 Å². The number of hydrogen-bond donors (Lipinski definition) is 1. The normalized spacial score (nSPS) is 9.67. The van der Waals surface area contributed by atoms with E-state index in [0.717, 1.165) is 6.92 Å². The maximum absolute atomic E-state index is 10.9. The van der Waals surface area contributed by atoms with Crippen LogP contribution in [0.4, 0.5) is 0 Å². The number of rotatable bonds is 9. The molecule has 0 saturated carbocycles. The van der Waals surface area contributed by atoms with Gasteiger partial charge in [-0.05, 0) is 0 Å². The largest absolute Gasteiger partial charge is 0.349 e. The molecule has 0 radical (unpaired) electrons. The number of Topliss-reactive ketones (excluding diaryl/α,β-unsaturated/α-hetero) is 1. The van der Waals surface area contributed by atoms with Gasteiger partial charge in [0.1, 0.15) is 13.2 Å². The van der Waals surface area contributed by atoms with Gasteiger partial charge < -0.3 is 15.0 Å². The molecule has 18 heavy (non-hydrogen) atoms. The first-order valence-electron chi connectivity index (χ1n) is 4.66. The van der Waals surface area contributed by atoms with Crippen LogP contribution in [0.25, 0.3) is 0 Å². The third-order valence-corrected chi connectivity index (χ3v) is 1.70. The Bertz CT molecular complexity index is 326. The minimum atomic E-state index is -1.08. The Labute approximate surface area is 100 Å². The summed E-state index contributed by atoms with van der Waals surface area (Å²) < 4.78 is 0. The molecule has 0 rings (SSSR count). The van der Waals surface area contributed by atoms with E-state index in [4.69, 9.17) is 0 Å². The average molecular weight is 265 g/mol. The Kier molecular flexibility index (Phi) is 6.70. The standard InChI is InChI=1S/C7H11N3O8/c1-5(11)7(12)8-2-6(3-17-9(13)14)4-18-10(15)16/h6H,2-4H2,1H3,(H,8,12). The van der Waals surface area contributed by atoms with Crippen molar-refractivity contribution in [3.63, 3.8) is 0 Å². The van der Waals surface area contributed by atoms with Crippen molar-refractivity contribution in [2.75, 3.05) is 19.8 Å². The van der Waals surface area contributed by atoms with Gasteiger partial charge in [-0.25, -0.2) is 0 Å². The van der Waals surface area contributed by atoms with E-state index in [1.807, 2.05) is 0 Å². The van der Waals surface area contributed by atoms with Gasteiger partial charge in [-0.15, -0.1) is 20.2 Å². The van der Waals surface area contributed by atoms with Gasteiger partial charge in [0.25, 0.3) is 16.1 Å². The number of amides is 1. The summed E-state index contributed by atoms with van der Waals surface area (Å²) in [5.41, 5.74) is 0. The molecule has 0 atom stereocenters. The predicted molar refractivity (Wildman–Crippen MR) is 53.1 cm³/mol. The first kappa shape index (κ1) is 15.5. The highest BCUT2D eigenvalue weighted by Crippen LogP contribution is 1.98. The van der Waals surface area contributed by atoms with Crippen LogP contribution in [0.5, 0.6) is 0 Å². The van der Waals surface area contributed by atoms with Crippen molar-refractivity contribution in [2.24, 2.45) is 5.92 Å². The Morgan fingerprint density at radius 1 is 1.17 bits per heavy atom. The predicted octanol–water partition coefficient (Wildman–Crippen LogP) is -1.28. The number of nitrogens with one attached hydrogen (secondary N) is 1. The lowest BCUT2D eigenvalue weighted by atomic mass is 10.2. The summed E-state index contributed by atoms with van der Waals surface area (Å²) in [6, 6.07) is 0. The van der Waals surface area contributed by atoms with Crippen LogP contribution in [0.3, 0.4) is 0 Å². The Morgan fingerprint density at radius 3 is 1.94 bits per heavy atom. The molecule has 1 N–H and O–H groups in total. The lowest BCUT2D eigenvalue weighted by molar-refractivity contribution is -0.768. The molecule has 0 aromatic carbocycles. The Hall–Kier alpha value is -2.46. The lowest BCUT2D eigenvalue weighted by Gasteiger charge is -2.14. The zero-order valence-corrected chi connectivity index (χ0v) is 9.36. The maximum Gasteiger partial charge on any atom is 0.294 e. The highest BCUT2D eigenvalue weighted by atomic mass is 17.0. The SMILES string of the molecule is CC(=O)C(=O)NCC(CO[N+](=O)[O-])CO[N+](=O)[O-]. The molecule has 0 fully saturated rings. The second kappa shape index (κ2) is 7.76. The quantitative estimate of drug-likeness (QED) is 0.307. The van der Waals surface area contributed by atoms with Gasteiger partial charge in [-0.3, -0.25) is 9.59 Å². The third kappa shape index (κ3) is 7.78. The average Bonchev–Trinajstić information content (AvgIpc) is 2.26. The summed E-state index contributed by atoms with van der Waals surface area (Å²) >= 11 is 0. The third-order valence-electron chi connectivity index (χ3n) is 1.70. The molecule has 0 unspecified atom stereocenters. The van der Waals surface area contributed by atoms with Crippen molar-refractivity contribution in [2.45, 2.75) is 6.92 Å². The van der Waals surface area contributed by atoms with Gasteiger partial charge in [0.05, 0.1) is 0 Å². The van der Waals surface area contributed by atoms with Crippen molar-refractivity contribution in [3.05, 3.63) is 20.2 Å². The number of carbonyl (C=O) groups is 2. The summed E-state index contributed by atoms with van der Waals surface area (Å²) in [6.07, 6.45) is 0. The number of hydrogen-bond acceptors (Lipinski definition) is 8. The van der Waals surface area contributed by atoms with E-state index >= 15 is 0 Å². The topological polar surface area (TPSA) is 151 Å². The molecular formula is C7H11N3O8. The fourth-order valence-electron chi connectivity index (χ4n) is 0.860. The lowest BCUT2D eigenvalue weighted by Crippen LogP contribution is -2.37. The second-order valence-electron chi connectivity index (χ2n) is 3.17. The zero-order chi connectivity index (χ0) is 14.1. The molecule has 1 amide bonds. The minimum absolute atomic E-state index is 0.222. The molecule has 0 saturated heterocycles. The first-order valence-corrected chi connectivity index (χ1v) is 4.66. The van der Waals surface area contributed by atoms with E-state index in [9.17, 15) is 29.8 Å². The summed E-state index contributed by atoms with van der Waals surface area (Å²) in [5.74, 6) is -2.48. The fourth-order valence-corrected chi connectivity index (χ4v) is 0.860. The molecule has 11 heteroatoms. The molecular weight excluding hydrogens is 254 g/mol. The molecule has 0 aliphatic carbocycles. The molecule has 0 aromatic heterocycles. The molecule has 0 aromatic rings. The molecule has 0 bridgehead atoms. The first-order chi connectivity index (χ1) is 8.32. The summed E-state index contributed by atoms with van der Waals surface area (Å²) in [6.45, 7) is -0.191. The molecule has 0 aliphatic rings. The maximum atomic E-state index is 10.9. The molecule has 0 heterocycles. The van der Waals surface area contributed by atoms with Gasteiger partial charge in [0.15, 0.2) is 0 Å². The molecule has 102 valence electrons. The monoisotopic (exact) mass is 265 g/mol. The fraction of sp³-hybridized carbons (Fsp3) is 0.714. The van der Waals surface area contributed by atoms with Crippen LogP contribution in [-0.4, -0.2) is 41.6 Å². The van der Waals surface area contributed by atoms with Crippen LogP contribution in [0.15, 0.2) is 0 Å². The Morgan fingerprint density at radius 2 is 1.61 bits per heavy atom. The van der Waals surface area contributed by atoms with Crippen molar-refractivity contribution >= 4 is 11.7 Å². The van der Waals surface area contributed by atoms with Crippen molar-refractivity contribution in [3.8, 4) is 0 Å². The molecule has 11 nitrogen and oxygen atoms in total. The van der Waals surface area contributed by atoms with E-state index in [0.29, 0.717) is 0 Å². The number of nitrogens with zero attached hydrogens (tertiary/aromatic N) is 2. The van der Waals surface area contributed by atoms with Crippen LogP contribution in [0.2, 0.25) is 0 Å². The smallest absolute Gasteiger partial charge is 0.294 e. The van der Waals surface area contributed by atoms with E-state index in [-0.39, 0.29) is 6.54 Å². The van der Waals surface area contributed by atoms with Gasteiger partial charge in [-0.1, -0.05) is 0 Å². The van der Waals surface area contributed by atoms with Gasteiger partial charge in [0.2, 0.25) is 5.78 Å². The molecule has 0 spiro atoms. The van der Waals surface area contributed by atoms with Crippen molar-refractivity contribution < 1.29 is 29.4 Å². The second-order valence-corrected chi connectivity index (χ2v) is 3.17. The van der Waals surface area contributed by atoms with E-state index in [2.05, 4.69) is 15.0 Å². The van der Waals surface area contributed by atoms with Crippen molar-refractivity contribution in [1.82, 2.24) is 5.32 Å². The number of carbonyl (C=O) groups excluding carboxylic acids is 2. The van der Waals surface area contributed by atoms with Crippen LogP contribution in [-0.2, 0) is 19.3 Å². The Balaban J connectivity index is 4.18. The summed E-state index contributed by atoms with van der Waals surface area (Å²) in [5, 5.41) is 19.9. The van der Waals surface area contributed by atoms with Gasteiger partial charge in [-0.2, -0.15) is 0 Å². The van der Waals surface area contributed by atoms with Crippen LogP contribution >= 0.6 is 0 Å². The van der Waals surface area contributed by atoms with Gasteiger partial charge in [0, 0.05) is 19.4 Å². The number of ketones is 1. The van der Waals surface area contributed by atoms with Crippen molar-refractivity contribution in [1.29, 1.82) is 0 Å². The summed E-state index contributed by atoms with van der Waals surface area (Å²) in [7, 11) is 0. The highest BCUT2D eigenvalue weighted by molar-refractivity contribution is 6.35. The zero-order valence-electron chi connectivity index (χ0n) is 9.36. The van der Waals surface area contributed by atoms with E-state index in [1.165, 1.54) is 0 Å². The van der Waals surface area contributed by atoms with Gasteiger partial charge >= 0.3 is 0 Å². The highest BCUT2D eigenvalue weighted by Gasteiger charge is 2.16. The van der Waals surface area contributed by atoms with Crippen LogP contribution in [0, 0.1) is 26.1 Å². The summed E-state index contributed by atoms with van der Waals surface area (Å²) in [4.78, 5) is 49.4. The molecule has 0 aliphatic heterocycles. The van der Waals surface area contributed by atoms with E-state index in [1.54, 1.807) is 0 Å². The van der Waals surface area contributed by atoms with Crippen LogP contribution < -0.4 is 5.32 Å². The minimum Gasteiger partial charge on any atom is -0.349 e. The van der Waals surface area contributed by atoms with E-state index < -0.39 is 41.0 Å².